The summed E-state index contributed by atoms with van der Waals surface area (Å²) in [7, 11) is 0. The lowest BCUT2D eigenvalue weighted by Gasteiger charge is -2.15. The number of hydrogen-bond acceptors (Lipinski definition) is 2. The Labute approximate surface area is 102 Å². The second kappa shape index (κ2) is 5.49. The van der Waals surface area contributed by atoms with Gasteiger partial charge < -0.3 is 5.32 Å². The molecular weight excluding hydrogens is 212 g/mol. The fraction of sp³-hybridized carbons (Fsp3) is 0.429. The average Bonchev–Trinajstić information content (AvgIpc) is 2.30. The molecule has 0 spiro atoms. The van der Waals surface area contributed by atoms with E-state index >= 15 is 0 Å². The van der Waals surface area contributed by atoms with Crippen molar-refractivity contribution >= 4 is 5.91 Å². The molecule has 0 radical (unpaired) electrons. The summed E-state index contributed by atoms with van der Waals surface area (Å²) in [6.45, 7) is 8.90. The molecule has 1 N–H and O–H groups in total. The number of aryl methyl sites for hydroxylation is 2. The van der Waals surface area contributed by atoms with Crippen LogP contribution in [0.4, 0.5) is 0 Å². The first-order chi connectivity index (χ1) is 7.97. The van der Waals surface area contributed by atoms with Crippen LogP contribution < -0.4 is 5.32 Å². The zero-order valence-electron chi connectivity index (χ0n) is 10.8. The molecule has 1 aromatic rings. The van der Waals surface area contributed by atoms with Gasteiger partial charge in [-0.15, -0.1) is 0 Å². The van der Waals surface area contributed by atoms with E-state index < -0.39 is 5.91 Å². The number of carbonyl (C=O) groups is 1. The number of nitrogens with one attached hydrogen (secondary N) is 1. The molecule has 0 fully saturated rings. The molecule has 3 nitrogen and oxygen atoms in total. The van der Waals surface area contributed by atoms with Gasteiger partial charge in [0.1, 0.15) is 0 Å². The van der Waals surface area contributed by atoms with Gasteiger partial charge in [-0.3, -0.25) is 4.79 Å². The highest BCUT2D eigenvalue weighted by Crippen LogP contribution is 2.21. The highest BCUT2D eigenvalue weighted by atomic mass is 16.1. The van der Waals surface area contributed by atoms with Gasteiger partial charge in [-0.1, -0.05) is 6.07 Å². The molecule has 1 amide bonds. The molecule has 1 rings (SSSR count). The van der Waals surface area contributed by atoms with Crippen LogP contribution in [0.5, 0.6) is 0 Å². The molecule has 17 heavy (non-hydrogen) atoms. The molecule has 0 bridgehead atoms. The molecule has 0 aliphatic heterocycles. The first-order valence-corrected chi connectivity index (χ1v) is 5.71. The molecule has 1 aromatic carbocycles. The standard InChI is InChI=1S/C14H18N2O/c1-9-7-10(2)12(4)13(11(9)3)5-6-16-14(17)8-15/h7H,5-6H2,1-4H3,(H,16,17). The highest BCUT2D eigenvalue weighted by molar-refractivity contribution is 5.91. The first-order valence-electron chi connectivity index (χ1n) is 5.71. The molecule has 0 saturated carbocycles. The van der Waals surface area contributed by atoms with Gasteiger partial charge in [0.05, 0.1) is 0 Å². The quantitative estimate of drug-likeness (QED) is 0.808. The lowest BCUT2D eigenvalue weighted by atomic mass is 9.92. The molecule has 0 atom stereocenters. The van der Waals surface area contributed by atoms with Gasteiger partial charge in [0.2, 0.25) is 0 Å². The van der Waals surface area contributed by atoms with Crippen LogP contribution in [0.15, 0.2) is 6.07 Å². The highest BCUT2D eigenvalue weighted by Gasteiger charge is 2.08. The average molecular weight is 230 g/mol. The lowest BCUT2D eigenvalue weighted by molar-refractivity contribution is -0.115. The van der Waals surface area contributed by atoms with Gasteiger partial charge in [-0.25, -0.2) is 0 Å². The molecule has 0 saturated heterocycles. The van der Waals surface area contributed by atoms with Gasteiger partial charge >= 0.3 is 5.91 Å². The predicted molar refractivity (Wildman–Crippen MR) is 67.7 cm³/mol. The lowest BCUT2D eigenvalue weighted by Crippen LogP contribution is -2.24. The Hall–Kier alpha value is -1.82. The Kier molecular flexibility index (Phi) is 4.28. The fourth-order valence-corrected chi connectivity index (χ4v) is 2.01. The maximum atomic E-state index is 10.8. The van der Waals surface area contributed by atoms with Crippen LogP contribution in [-0.2, 0) is 11.2 Å². The van der Waals surface area contributed by atoms with Crippen LogP contribution in [0.25, 0.3) is 0 Å². The Balaban J connectivity index is 2.85. The Bertz CT molecular complexity index is 458. The van der Waals surface area contributed by atoms with Crippen LogP contribution in [0.1, 0.15) is 27.8 Å². The largest absolute Gasteiger partial charge is 0.343 e. The fourth-order valence-electron chi connectivity index (χ4n) is 2.01. The van der Waals surface area contributed by atoms with E-state index in [1.165, 1.54) is 27.8 Å². The SMILES string of the molecule is Cc1cc(C)c(C)c(CCNC(=O)C#N)c1C. The summed E-state index contributed by atoms with van der Waals surface area (Å²) in [5.41, 5.74) is 6.38. The van der Waals surface area contributed by atoms with E-state index in [9.17, 15) is 4.79 Å². The molecule has 3 heteroatoms. The number of carbonyl (C=O) groups excluding carboxylic acids is 1. The Morgan fingerprint density at radius 3 is 2.24 bits per heavy atom. The monoisotopic (exact) mass is 230 g/mol. The molecule has 0 aliphatic rings. The first kappa shape index (κ1) is 13.2. The molecule has 0 unspecified atom stereocenters. The maximum absolute atomic E-state index is 10.8. The summed E-state index contributed by atoms with van der Waals surface area (Å²) in [4.78, 5) is 10.8. The molecule has 0 heterocycles. The van der Waals surface area contributed by atoms with E-state index in [0.717, 1.165) is 6.42 Å². The van der Waals surface area contributed by atoms with Crippen LogP contribution in [-0.4, -0.2) is 12.5 Å². The topological polar surface area (TPSA) is 52.9 Å². The second-order valence-corrected chi connectivity index (χ2v) is 4.36. The van der Waals surface area contributed by atoms with Crippen molar-refractivity contribution in [2.45, 2.75) is 34.1 Å². The number of hydrogen-bond donors (Lipinski definition) is 1. The molecular formula is C14H18N2O. The minimum absolute atomic E-state index is 0.511. The minimum atomic E-state index is -0.565. The van der Waals surface area contributed by atoms with Crippen molar-refractivity contribution in [1.82, 2.24) is 5.32 Å². The minimum Gasteiger partial charge on any atom is -0.343 e. The van der Waals surface area contributed by atoms with Crippen molar-refractivity contribution in [2.24, 2.45) is 0 Å². The third-order valence-corrected chi connectivity index (χ3v) is 3.28. The summed E-state index contributed by atoms with van der Waals surface area (Å²) in [5.74, 6) is -0.565. The second-order valence-electron chi connectivity index (χ2n) is 4.36. The van der Waals surface area contributed by atoms with Gasteiger partial charge in [-0.2, -0.15) is 5.26 Å². The van der Waals surface area contributed by atoms with Crippen LogP contribution in [0.3, 0.4) is 0 Å². The Morgan fingerprint density at radius 2 is 1.76 bits per heavy atom. The summed E-state index contributed by atoms with van der Waals surface area (Å²) in [6.07, 6.45) is 0.771. The molecule has 0 aromatic heterocycles. The van der Waals surface area contributed by atoms with E-state index in [-0.39, 0.29) is 0 Å². The Morgan fingerprint density at radius 1 is 1.24 bits per heavy atom. The third kappa shape index (κ3) is 3.07. The summed E-state index contributed by atoms with van der Waals surface area (Å²) in [6, 6.07) is 3.74. The number of benzene rings is 1. The molecule has 90 valence electrons. The maximum Gasteiger partial charge on any atom is 0.322 e. The number of amides is 1. The summed E-state index contributed by atoms with van der Waals surface area (Å²) < 4.78 is 0. The molecule has 0 aliphatic carbocycles. The van der Waals surface area contributed by atoms with Gasteiger partial charge in [0, 0.05) is 6.54 Å². The van der Waals surface area contributed by atoms with Crippen molar-refractivity contribution in [1.29, 1.82) is 5.26 Å². The van der Waals surface area contributed by atoms with E-state index in [1.54, 1.807) is 6.07 Å². The third-order valence-electron chi connectivity index (χ3n) is 3.28. The van der Waals surface area contributed by atoms with Crippen LogP contribution in [0, 0.1) is 39.0 Å². The number of nitrogens with zero attached hydrogens (tertiary/aromatic N) is 1. The predicted octanol–water partition coefficient (Wildman–Crippen LogP) is 2.10. The van der Waals surface area contributed by atoms with Crippen molar-refractivity contribution in [3.8, 4) is 6.07 Å². The smallest absolute Gasteiger partial charge is 0.322 e. The van der Waals surface area contributed by atoms with E-state index in [0.29, 0.717) is 6.54 Å². The summed E-state index contributed by atoms with van der Waals surface area (Å²) in [5, 5.41) is 10.9. The van der Waals surface area contributed by atoms with Gasteiger partial charge in [-0.05, 0) is 61.9 Å². The van der Waals surface area contributed by atoms with E-state index in [1.807, 2.05) is 0 Å². The van der Waals surface area contributed by atoms with Crippen molar-refractivity contribution in [2.75, 3.05) is 6.54 Å². The number of rotatable bonds is 3. The van der Waals surface area contributed by atoms with E-state index in [2.05, 4.69) is 39.1 Å². The summed E-state index contributed by atoms with van der Waals surface area (Å²) >= 11 is 0. The van der Waals surface area contributed by atoms with Crippen molar-refractivity contribution < 1.29 is 4.79 Å². The van der Waals surface area contributed by atoms with Crippen LogP contribution in [0.2, 0.25) is 0 Å². The zero-order chi connectivity index (χ0) is 13.0. The van der Waals surface area contributed by atoms with Gasteiger partial charge in [0.25, 0.3) is 0 Å². The number of nitriles is 1. The van der Waals surface area contributed by atoms with Gasteiger partial charge in [0.15, 0.2) is 6.07 Å². The normalized spacial score (nSPS) is 9.82. The van der Waals surface area contributed by atoms with E-state index in [4.69, 9.17) is 5.26 Å². The van der Waals surface area contributed by atoms with Crippen LogP contribution >= 0.6 is 0 Å². The van der Waals surface area contributed by atoms with Crippen molar-refractivity contribution in [3.05, 3.63) is 33.9 Å². The van der Waals surface area contributed by atoms with Crippen molar-refractivity contribution in [3.63, 3.8) is 0 Å². The zero-order valence-corrected chi connectivity index (χ0v) is 10.8.